The molecule has 0 saturated heterocycles. The van der Waals surface area contributed by atoms with Crippen LogP contribution in [-0.2, 0) is 16.4 Å². The molecule has 0 spiro atoms. The molecular weight excluding hydrogens is 356 g/mol. The van der Waals surface area contributed by atoms with Crippen molar-refractivity contribution >= 4 is 10.0 Å². The van der Waals surface area contributed by atoms with Gasteiger partial charge in [-0.15, -0.1) is 0 Å². The number of hydrogen-bond donors (Lipinski definition) is 1. The minimum Gasteiger partial charge on any atom is -0.486 e. The summed E-state index contributed by atoms with van der Waals surface area (Å²) in [5, 5.41) is 4.59. The van der Waals surface area contributed by atoms with Crippen LogP contribution in [0.1, 0.15) is 38.5 Å². The molecule has 1 unspecified atom stereocenters. The first kappa shape index (κ1) is 18.7. The Kier molecular flexibility index (Phi) is 5.19. The van der Waals surface area contributed by atoms with E-state index in [1.165, 1.54) is 0 Å². The first-order chi connectivity index (χ1) is 12.2. The predicted octanol–water partition coefficient (Wildman–Crippen LogP) is 1.85. The van der Waals surface area contributed by atoms with Gasteiger partial charge < -0.3 is 9.47 Å². The Morgan fingerprint density at radius 2 is 1.88 bits per heavy atom. The molecule has 1 atom stereocenters. The van der Waals surface area contributed by atoms with Crippen LogP contribution in [0.4, 0.5) is 0 Å². The number of hydrogen-bond acceptors (Lipinski definition) is 6. The summed E-state index contributed by atoms with van der Waals surface area (Å²) in [5.41, 5.74) is 0.744. The van der Waals surface area contributed by atoms with E-state index in [4.69, 9.17) is 9.47 Å². The number of ether oxygens (including phenoxy) is 2. The molecule has 1 aliphatic rings. The van der Waals surface area contributed by atoms with Crippen LogP contribution in [-0.4, -0.2) is 42.7 Å². The fourth-order valence-corrected chi connectivity index (χ4v) is 3.58. The van der Waals surface area contributed by atoms with Crippen molar-refractivity contribution in [3.63, 3.8) is 0 Å². The molecule has 0 bridgehead atoms. The molecule has 0 radical (unpaired) electrons. The highest BCUT2D eigenvalue weighted by Crippen LogP contribution is 2.32. The molecule has 8 nitrogen and oxygen atoms in total. The number of nitrogens with one attached hydrogen (secondary N) is 1. The van der Waals surface area contributed by atoms with Gasteiger partial charge in [0.15, 0.2) is 17.3 Å². The number of sulfonamides is 1. The molecule has 1 aliphatic heterocycles. The maximum atomic E-state index is 11.6. The van der Waals surface area contributed by atoms with E-state index in [0.717, 1.165) is 11.9 Å². The summed E-state index contributed by atoms with van der Waals surface area (Å²) < 4.78 is 38.7. The van der Waals surface area contributed by atoms with E-state index in [0.29, 0.717) is 48.7 Å². The average molecular weight is 380 g/mol. The molecule has 3 rings (SSSR count). The fourth-order valence-electron chi connectivity index (χ4n) is 2.83. The average Bonchev–Trinajstić information content (AvgIpc) is 2.96. The Balaban J connectivity index is 2.02. The molecule has 9 heteroatoms. The molecule has 1 aromatic heterocycles. The summed E-state index contributed by atoms with van der Waals surface area (Å²) in [6, 6.07) is 5.00. The first-order valence-corrected chi connectivity index (χ1v) is 10.4. The van der Waals surface area contributed by atoms with E-state index < -0.39 is 16.1 Å². The SMILES string of the molecule is CC(C)Cc1nc(C(C)NS(C)(=O)=O)n(-c2ccc3c(c2)OCCO3)n1. The lowest BCUT2D eigenvalue weighted by atomic mass is 10.1. The highest BCUT2D eigenvalue weighted by molar-refractivity contribution is 7.88. The number of rotatable bonds is 6. The van der Waals surface area contributed by atoms with Crippen LogP contribution in [0.15, 0.2) is 18.2 Å². The standard InChI is InChI=1S/C17H24N4O4S/c1-11(2)9-16-18-17(12(3)20-26(4,22)23)21(19-16)13-5-6-14-15(10-13)25-8-7-24-14/h5-6,10-12,20H,7-9H2,1-4H3. The Morgan fingerprint density at radius 3 is 2.54 bits per heavy atom. The summed E-state index contributed by atoms with van der Waals surface area (Å²) in [4.78, 5) is 4.58. The highest BCUT2D eigenvalue weighted by Gasteiger charge is 2.22. The normalized spacial score (nSPS) is 15.3. The Morgan fingerprint density at radius 1 is 1.19 bits per heavy atom. The second-order valence-corrected chi connectivity index (χ2v) is 8.62. The van der Waals surface area contributed by atoms with Crippen LogP contribution < -0.4 is 14.2 Å². The number of benzene rings is 1. The minimum atomic E-state index is -3.37. The van der Waals surface area contributed by atoms with Crippen LogP contribution in [0.25, 0.3) is 5.69 Å². The molecule has 142 valence electrons. The van der Waals surface area contributed by atoms with Crippen LogP contribution in [0.5, 0.6) is 11.5 Å². The van der Waals surface area contributed by atoms with Gasteiger partial charge in [-0.25, -0.2) is 22.8 Å². The topological polar surface area (TPSA) is 95.3 Å². The molecule has 0 aliphatic carbocycles. The maximum absolute atomic E-state index is 11.6. The van der Waals surface area contributed by atoms with E-state index in [1.807, 2.05) is 18.2 Å². The second-order valence-electron chi connectivity index (χ2n) is 6.84. The van der Waals surface area contributed by atoms with Crippen molar-refractivity contribution in [1.29, 1.82) is 0 Å². The molecule has 2 heterocycles. The smallest absolute Gasteiger partial charge is 0.209 e. The third-order valence-electron chi connectivity index (χ3n) is 3.82. The number of fused-ring (bicyclic) bond motifs is 1. The first-order valence-electron chi connectivity index (χ1n) is 8.56. The molecule has 0 amide bonds. The lowest BCUT2D eigenvalue weighted by Crippen LogP contribution is -2.27. The van der Waals surface area contributed by atoms with Crippen molar-refractivity contribution in [2.45, 2.75) is 33.2 Å². The Bertz CT molecular complexity index is 892. The monoisotopic (exact) mass is 380 g/mol. The maximum Gasteiger partial charge on any atom is 0.209 e. The van der Waals surface area contributed by atoms with Crippen molar-refractivity contribution in [2.75, 3.05) is 19.5 Å². The van der Waals surface area contributed by atoms with Gasteiger partial charge in [-0.1, -0.05) is 13.8 Å². The summed E-state index contributed by atoms with van der Waals surface area (Å²) in [7, 11) is -3.37. The molecule has 0 fully saturated rings. The van der Waals surface area contributed by atoms with Gasteiger partial charge in [0.1, 0.15) is 19.0 Å². The van der Waals surface area contributed by atoms with E-state index >= 15 is 0 Å². The summed E-state index contributed by atoms with van der Waals surface area (Å²) in [5.74, 6) is 2.92. The summed E-state index contributed by atoms with van der Waals surface area (Å²) in [6.45, 7) is 6.93. The third-order valence-corrected chi connectivity index (χ3v) is 4.60. The number of nitrogens with zero attached hydrogens (tertiary/aromatic N) is 3. The van der Waals surface area contributed by atoms with Crippen molar-refractivity contribution < 1.29 is 17.9 Å². The van der Waals surface area contributed by atoms with Gasteiger partial charge in [0.2, 0.25) is 10.0 Å². The van der Waals surface area contributed by atoms with E-state index in [-0.39, 0.29) is 0 Å². The van der Waals surface area contributed by atoms with Crippen LogP contribution >= 0.6 is 0 Å². The van der Waals surface area contributed by atoms with Gasteiger partial charge in [0, 0.05) is 12.5 Å². The van der Waals surface area contributed by atoms with Crippen molar-refractivity contribution in [3.8, 4) is 17.2 Å². The lowest BCUT2D eigenvalue weighted by molar-refractivity contribution is 0.171. The molecule has 26 heavy (non-hydrogen) atoms. The summed E-state index contributed by atoms with van der Waals surface area (Å²) in [6.07, 6.45) is 1.83. The Hall–Kier alpha value is -2.13. The van der Waals surface area contributed by atoms with E-state index in [9.17, 15) is 8.42 Å². The molecule has 1 N–H and O–H groups in total. The quantitative estimate of drug-likeness (QED) is 0.822. The lowest BCUT2D eigenvalue weighted by Gasteiger charge is -2.19. The zero-order valence-corrected chi connectivity index (χ0v) is 16.2. The van der Waals surface area contributed by atoms with E-state index in [2.05, 4.69) is 28.7 Å². The van der Waals surface area contributed by atoms with Crippen molar-refractivity contribution in [1.82, 2.24) is 19.5 Å². The highest BCUT2D eigenvalue weighted by atomic mass is 32.2. The molecule has 0 saturated carbocycles. The van der Waals surface area contributed by atoms with Gasteiger partial charge in [0.25, 0.3) is 0 Å². The zero-order chi connectivity index (χ0) is 18.9. The largest absolute Gasteiger partial charge is 0.486 e. The van der Waals surface area contributed by atoms with E-state index in [1.54, 1.807) is 11.6 Å². The second kappa shape index (κ2) is 7.24. The van der Waals surface area contributed by atoms with Gasteiger partial charge in [-0.2, -0.15) is 5.10 Å². The van der Waals surface area contributed by atoms with Crippen molar-refractivity contribution in [2.24, 2.45) is 5.92 Å². The van der Waals surface area contributed by atoms with Gasteiger partial charge >= 0.3 is 0 Å². The molecule has 2 aromatic rings. The minimum absolute atomic E-state index is 0.386. The van der Waals surface area contributed by atoms with Gasteiger partial charge in [-0.3, -0.25) is 0 Å². The zero-order valence-electron chi connectivity index (χ0n) is 15.4. The predicted molar refractivity (Wildman–Crippen MR) is 97.3 cm³/mol. The fraction of sp³-hybridized carbons (Fsp3) is 0.529. The van der Waals surface area contributed by atoms with Crippen LogP contribution in [0, 0.1) is 5.92 Å². The van der Waals surface area contributed by atoms with Crippen molar-refractivity contribution in [3.05, 3.63) is 29.8 Å². The van der Waals surface area contributed by atoms with Gasteiger partial charge in [0.05, 0.1) is 18.0 Å². The van der Waals surface area contributed by atoms with Crippen LogP contribution in [0.3, 0.4) is 0 Å². The van der Waals surface area contributed by atoms with Crippen LogP contribution in [0.2, 0.25) is 0 Å². The molecular formula is C17H24N4O4S. The number of aromatic nitrogens is 3. The summed E-state index contributed by atoms with van der Waals surface area (Å²) >= 11 is 0. The third kappa shape index (κ3) is 4.34. The Labute approximate surface area is 153 Å². The molecule has 1 aromatic carbocycles. The van der Waals surface area contributed by atoms with Gasteiger partial charge in [-0.05, 0) is 25.0 Å².